The van der Waals surface area contributed by atoms with Gasteiger partial charge in [0.25, 0.3) is 0 Å². The zero-order valence-electron chi connectivity index (χ0n) is 14.4. The van der Waals surface area contributed by atoms with Gasteiger partial charge in [-0.25, -0.2) is 4.79 Å². The van der Waals surface area contributed by atoms with Gasteiger partial charge in [0, 0.05) is 18.5 Å². The number of aliphatic carboxylic acids is 1. The Kier molecular flexibility index (Phi) is 4.46. The van der Waals surface area contributed by atoms with Gasteiger partial charge in [0.2, 0.25) is 0 Å². The number of carbonyl (C=O) groups is 2. The highest BCUT2D eigenvalue weighted by molar-refractivity contribution is 5.75. The van der Waals surface area contributed by atoms with Crippen LogP contribution in [0.1, 0.15) is 53.9 Å². The average molecular weight is 311 g/mol. The fourth-order valence-corrected chi connectivity index (χ4v) is 4.51. The number of amides is 1. The molecule has 0 aromatic heterocycles. The van der Waals surface area contributed by atoms with Crippen LogP contribution in [0, 0.1) is 23.2 Å². The number of carbonyl (C=O) groups excluding carboxylic acids is 1. The maximum atomic E-state index is 12.3. The summed E-state index contributed by atoms with van der Waals surface area (Å²) in [5.74, 6) is -0.258. The van der Waals surface area contributed by atoms with Crippen LogP contribution in [0.3, 0.4) is 0 Å². The van der Waals surface area contributed by atoms with Crippen LogP contribution in [0.25, 0.3) is 0 Å². The van der Waals surface area contributed by atoms with Crippen molar-refractivity contribution >= 4 is 12.1 Å². The van der Waals surface area contributed by atoms with Crippen molar-refractivity contribution in [1.82, 2.24) is 4.90 Å². The van der Waals surface area contributed by atoms with E-state index >= 15 is 0 Å². The Hall–Kier alpha value is -1.26. The predicted octanol–water partition coefficient (Wildman–Crippen LogP) is 3.38. The second-order valence-electron chi connectivity index (χ2n) is 8.47. The molecule has 0 aromatic rings. The van der Waals surface area contributed by atoms with Crippen LogP contribution in [-0.4, -0.2) is 40.8 Å². The summed E-state index contributed by atoms with van der Waals surface area (Å²) in [7, 11) is 0. The zero-order chi connectivity index (χ0) is 16.7. The summed E-state index contributed by atoms with van der Waals surface area (Å²) in [6.07, 6.45) is 2.52. The van der Waals surface area contributed by atoms with E-state index in [-0.39, 0.29) is 18.1 Å². The van der Waals surface area contributed by atoms with Gasteiger partial charge in [-0.1, -0.05) is 13.8 Å². The first-order chi connectivity index (χ1) is 10.0. The second kappa shape index (κ2) is 5.74. The summed E-state index contributed by atoms with van der Waals surface area (Å²) >= 11 is 0. The summed E-state index contributed by atoms with van der Waals surface area (Å²) in [6, 6.07) is 0. The molecule has 0 radical (unpaired) electrons. The fourth-order valence-electron chi connectivity index (χ4n) is 4.51. The largest absolute Gasteiger partial charge is 0.481 e. The minimum Gasteiger partial charge on any atom is -0.481 e. The van der Waals surface area contributed by atoms with Gasteiger partial charge in [0.15, 0.2) is 0 Å². The van der Waals surface area contributed by atoms with Crippen LogP contribution in [0.5, 0.6) is 0 Å². The van der Waals surface area contributed by atoms with Crippen molar-refractivity contribution in [3.05, 3.63) is 0 Å². The molecule has 1 saturated carbocycles. The number of carboxylic acids is 1. The molecule has 1 spiro atoms. The molecule has 3 unspecified atom stereocenters. The molecule has 1 aliphatic carbocycles. The molecule has 2 rings (SSSR count). The Morgan fingerprint density at radius 3 is 2.18 bits per heavy atom. The van der Waals surface area contributed by atoms with Crippen LogP contribution in [0.2, 0.25) is 0 Å². The number of hydrogen-bond acceptors (Lipinski definition) is 3. The number of rotatable bonds is 1. The van der Waals surface area contributed by atoms with Crippen molar-refractivity contribution in [2.24, 2.45) is 23.2 Å². The number of ether oxygens (including phenoxy) is 1. The fraction of sp³-hybridized carbons (Fsp3) is 0.882. The van der Waals surface area contributed by atoms with Crippen molar-refractivity contribution in [3.8, 4) is 0 Å². The topological polar surface area (TPSA) is 66.8 Å². The van der Waals surface area contributed by atoms with E-state index in [0.717, 1.165) is 19.3 Å². The van der Waals surface area contributed by atoms with Crippen molar-refractivity contribution < 1.29 is 19.4 Å². The maximum Gasteiger partial charge on any atom is 0.410 e. The SMILES string of the molecule is CC1CC(C)CC2(C1)CN(C(=O)OC(C)(C)C)CC2C(=O)O. The van der Waals surface area contributed by atoms with E-state index in [1.54, 1.807) is 4.90 Å². The maximum absolute atomic E-state index is 12.3. The molecule has 0 bridgehead atoms. The van der Waals surface area contributed by atoms with E-state index in [1.807, 2.05) is 20.8 Å². The summed E-state index contributed by atoms with van der Waals surface area (Å²) in [5, 5.41) is 9.66. The molecular formula is C17H29NO4. The Bertz CT molecular complexity index is 444. The van der Waals surface area contributed by atoms with Gasteiger partial charge in [0.05, 0.1) is 5.92 Å². The number of hydrogen-bond donors (Lipinski definition) is 1. The summed E-state index contributed by atoms with van der Waals surface area (Å²) in [4.78, 5) is 25.7. The monoisotopic (exact) mass is 311 g/mol. The molecule has 3 atom stereocenters. The molecule has 1 heterocycles. The first-order valence-electron chi connectivity index (χ1n) is 8.23. The van der Waals surface area contributed by atoms with Gasteiger partial charge in [-0.05, 0) is 51.9 Å². The molecule has 22 heavy (non-hydrogen) atoms. The van der Waals surface area contributed by atoms with E-state index in [4.69, 9.17) is 4.74 Å². The minimum atomic E-state index is -0.785. The van der Waals surface area contributed by atoms with Gasteiger partial charge in [-0.3, -0.25) is 4.79 Å². The molecule has 126 valence electrons. The Balaban J connectivity index is 2.20. The Morgan fingerprint density at radius 2 is 1.73 bits per heavy atom. The Labute approximate surface area is 133 Å². The lowest BCUT2D eigenvalue weighted by Gasteiger charge is -2.42. The normalized spacial score (nSPS) is 35.7. The van der Waals surface area contributed by atoms with E-state index in [2.05, 4.69) is 13.8 Å². The van der Waals surface area contributed by atoms with Crippen molar-refractivity contribution in [1.29, 1.82) is 0 Å². The quantitative estimate of drug-likeness (QED) is 0.806. The lowest BCUT2D eigenvalue weighted by Crippen LogP contribution is -2.41. The van der Waals surface area contributed by atoms with Crippen LogP contribution in [-0.2, 0) is 9.53 Å². The van der Waals surface area contributed by atoms with Gasteiger partial charge in [-0.15, -0.1) is 0 Å². The van der Waals surface area contributed by atoms with Gasteiger partial charge < -0.3 is 14.7 Å². The summed E-state index contributed by atoms with van der Waals surface area (Å²) < 4.78 is 5.43. The average Bonchev–Trinajstić information content (AvgIpc) is 2.64. The van der Waals surface area contributed by atoms with Gasteiger partial charge >= 0.3 is 12.1 Å². The smallest absolute Gasteiger partial charge is 0.410 e. The third kappa shape index (κ3) is 3.55. The van der Waals surface area contributed by atoms with E-state index in [9.17, 15) is 14.7 Å². The summed E-state index contributed by atoms with van der Waals surface area (Å²) in [6.45, 7) is 10.6. The lowest BCUT2D eigenvalue weighted by atomic mass is 9.62. The minimum absolute atomic E-state index is 0.268. The number of nitrogens with zero attached hydrogens (tertiary/aromatic N) is 1. The summed E-state index contributed by atoms with van der Waals surface area (Å²) in [5.41, 5.74) is -0.849. The van der Waals surface area contributed by atoms with E-state index < -0.39 is 17.5 Å². The first-order valence-corrected chi connectivity index (χ1v) is 8.23. The molecule has 1 aliphatic heterocycles. The van der Waals surface area contributed by atoms with Crippen LogP contribution in [0.4, 0.5) is 4.79 Å². The molecule has 1 N–H and O–H groups in total. The number of likely N-dealkylation sites (tertiary alicyclic amines) is 1. The standard InChI is InChI=1S/C17H29NO4/c1-11-6-12(2)8-17(7-11)10-18(9-13(17)14(19)20)15(21)22-16(3,4)5/h11-13H,6-10H2,1-5H3,(H,19,20). The number of carboxylic acid groups (broad SMARTS) is 1. The first kappa shape index (κ1) is 17.1. The third-order valence-electron chi connectivity index (χ3n) is 4.91. The molecular weight excluding hydrogens is 282 g/mol. The molecule has 0 aromatic carbocycles. The third-order valence-corrected chi connectivity index (χ3v) is 4.91. The Morgan fingerprint density at radius 1 is 1.18 bits per heavy atom. The molecule has 5 nitrogen and oxygen atoms in total. The van der Waals surface area contributed by atoms with Gasteiger partial charge in [-0.2, -0.15) is 0 Å². The zero-order valence-corrected chi connectivity index (χ0v) is 14.4. The molecule has 5 heteroatoms. The van der Waals surface area contributed by atoms with Crippen molar-refractivity contribution in [2.75, 3.05) is 13.1 Å². The molecule has 2 aliphatic rings. The van der Waals surface area contributed by atoms with Crippen molar-refractivity contribution in [3.63, 3.8) is 0 Å². The van der Waals surface area contributed by atoms with Crippen LogP contribution in [0.15, 0.2) is 0 Å². The highest BCUT2D eigenvalue weighted by Crippen LogP contribution is 2.51. The molecule has 1 saturated heterocycles. The predicted molar refractivity (Wildman–Crippen MR) is 83.5 cm³/mol. The van der Waals surface area contributed by atoms with Crippen molar-refractivity contribution in [2.45, 2.75) is 59.5 Å². The second-order valence-corrected chi connectivity index (χ2v) is 8.47. The van der Waals surface area contributed by atoms with Crippen LogP contribution < -0.4 is 0 Å². The lowest BCUT2D eigenvalue weighted by molar-refractivity contribution is -0.146. The van der Waals surface area contributed by atoms with E-state index in [1.165, 1.54) is 0 Å². The van der Waals surface area contributed by atoms with E-state index in [0.29, 0.717) is 18.4 Å². The van der Waals surface area contributed by atoms with Crippen LogP contribution >= 0.6 is 0 Å². The molecule has 1 amide bonds. The highest BCUT2D eigenvalue weighted by Gasteiger charge is 2.54. The van der Waals surface area contributed by atoms with Gasteiger partial charge in [0.1, 0.15) is 5.60 Å². The molecule has 2 fully saturated rings. The highest BCUT2D eigenvalue weighted by atomic mass is 16.6.